The number of hydrogen-bond donors (Lipinski definition) is 0. The van der Waals surface area contributed by atoms with Gasteiger partial charge in [-0.15, -0.1) is 11.8 Å². The Morgan fingerprint density at radius 2 is 1.97 bits per heavy atom. The molecule has 150 valence electrons. The van der Waals surface area contributed by atoms with E-state index < -0.39 is 0 Å². The van der Waals surface area contributed by atoms with Crippen molar-refractivity contribution in [1.29, 1.82) is 0 Å². The normalized spacial score (nSPS) is 12.7. The maximum absolute atomic E-state index is 13.3. The van der Waals surface area contributed by atoms with Crippen LogP contribution >= 0.6 is 35.1 Å². The van der Waals surface area contributed by atoms with Gasteiger partial charge in [-0.25, -0.2) is 4.98 Å². The summed E-state index contributed by atoms with van der Waals surface area (Å²) in [5, 5.41) is 1.35. The van der Waals surface area contributed by atoms with E-state index in [1.807, 2.05) is 30.3 Å². The van der Waals surface area contributed by atoms with Gasteiger partial charge in [-0.2, -0.15) is 0 Å². The van der Waals surface area contributed by atoms with Crippen molar-refractivity contribution in [3.63, 3.8) is 0 Å². The zero-order chi connectivity index (χ0) is 20.4. The van der Waals surface area contributed by atoms with E-state index in [1.165, 1.54) is 11.8 Å². The highest BCUT2D eigenvalue weighted by Gasteiger charge is 2.23. The van der Waals surface area contributed by atoms with Crippen LogP contribution < -0.4 is 15.0 Å². The molecule has 0 saturated carbocycles. The molecule has 0 unspecified atom stereocenters. The Balaban J connectivity index is 1.80. The Bertz CT molecular complexity index is 1120. The zero-order valence-electron chi connectivity index (χ0n) is 16.0. The third-order valence-electron chi connectivity index (χ3n) is 4.61. The van der Waals surface area contributed by atoms with Gasteiger partial charge in [0.2, 0.25) is 0 Å². The van der Waals surface area contributed by atoms with Gasteiger partial charge in [0.15, 0.2) is 16.7 Å². The number of benzene rings is 2. The van der Waals surface area contributed by atoms with Crippen LogP contribution in [0.3, 0.4) is 0 Å². The van der Waals surface area contributed by atoms with Crippen molar-refractivity contribution in [2.75, 3.05) is 20.0 Å². The second-order valence-corrected chi connectivity index (χ2v) is 8.78. The zero-order valence-corrected chi connectivity index (χ0v) is 18.4. The smallest absolute Gasteiger partial charge is 0.272 e. The summed E-state index contributed by atoms with van der Waals surface area (Å²) in [6, 6.07) is 13.1. The Morgan fingerprint density at radius 3 is 2.72 bits per heavy atom. The molecule has 0 fully saturated rings. The van der Waals surface area contributed by atoms with Crippen molar-refractivity contribution in [3.8, 4) is 17.2 Å². The van der Waals surface area contributed by atoms with E-state index in [4.69, 9.17) is 26.1 Å². The van der Waals surface area contributed by atoms with E-state index in [0.717, 1.165) is 28.3 Å². The fourth-order valence-corrected chi connectivity index (χ4v) is 5.48. The Hall–Kier alpha value is -2.09. The molecule has 0 spiro atoms. The van der Waals surface area contributed by atoms with Gasteiger partial charge in [0.05, 0.1) is 30.5 Å². The average molecular weight is 447 g/mol. The quantitative estimate of drug-likeness (QED) is 0.398. The van der Waals surface area contributed by atoms with Crippen molar-refractivity contribution in [3.05, 3.63) is 69.1 Å². The van der Waals surface area contributed by atoms with E-state index in [2.05, 4.69) is 0 Å². The Labute approximate surface area is 182 Å². The monoisotopic (exact) mass is 446 g/mol. The molecule has 0 aliphatic carbocycles. The summed E-state index contributed by atoms with van der Waals surface area (Å²) in [4.78, 5) is 18.9. The summed E-state index contributed by atoms with van der Waals surface area (Å²) in [5.74, 6) is 2.66. The molecule has 0 N–H and O–H groups in total. The highest BCUT2D eigenvalue weighted by Crippen LogP contribution is 2.34. The van der Waals surface area contributed by atoms with Gasteiger partial charge >= 0.3 is 0 Å². The first-order chi connectivity index (χ1) is 14.1. The summed E-state index contributed by atoms with van der Waals surface area (Å²) in [7, 11) is 3.16. The predicted octanol–water partition coefficient (Wildman–Crippen LogP) is 4.84. The molecule has 0 amide bonds. The maximum atomic E-state index is 13.3. The third-order valence-corrected chi connectivity index (χ3v) is 7.07. The van der Waals surface area contributed by atoms with Crippen molar-refractivity contribution >= 4 is 35.1 Å². The number of aromatic nitrogens is 2. The van der Waals surface area contributed by atoms with E-state index in [9.17, 15) is 4.79 Å². The first-order valence-corrected chi connectivity index (χ1v) is 11.3. The lowest BCUT2D eigenvalue weighted by atomic mass is 10.2. The topological polar surface area (TPSA) is 53.4 Å². The first-order valence-electron chi connectivity index (χ1n) is 8.99. The van der Waals surface area contributed by atoms with Crippen LogP contribution in [-0.2, 0) is 12.2 Å². The first kappa shape index (κ1) is 20.2. The number of fused-ring (bicyclic) bond motifs is 1. The van der Waals surface area contributed by atoms with Crippen LogP contribution in [0.25, 0.3) is 5.69 Å². The van der Waals surface area contributed by atoms with Gasteiger partial charge in [0, 0.05) is 29.0 Å². The number of rotatable bonds is 6. The highest BCUT2D eigenvalue weighted by molar-refractivity contribution is 7.99. The van der Waals surface area contributed by atoms with Crippen LogP contribution in [0.15, 0.2) is 57.3 Å². The molecule has 0 atom stereocenters. The van der Waals surface area contributed by atoms with Crippen molar-refractivity contribution in [2.24, 2.45) is 0 Å². The molecule has 8 heteroatoms. The largest absolute Gasteiger partial charge is 0.493 e. The molecule has 0 radical (unpaired) electrons. The Morgan fingerprint density at radius 1 is 1.17 bits per heavy atom. The summed E-state index contributed by atoms with van der Waals surface area (Å²) in [6.07, 6.45) is 0.807. The molecule has 1 aliphatic rings. The molecule has 1 aliphatic heterocycles. The number of thioether (sulfide) groups is 2. The molecule has 2 heterocycles. The van der Waals surface area contributed by atoms with E-state index in [0.29, 0.717) is 33.1 Å². The van der Waals surface area contributed by atoms with Crippen LogP contribution in [0.1, 0.15) is 11.3 Å². The minimum absolute atomic E-state index is 0.0496. The van der Waals surface area contributed by atoms with Gasteiger partial charge < -0.3 is 9.47 Å². The number of aryl methyl sites for hydroxylation is 1. The van der Waals surface area contributed by atoms with Gasteiger partial charge in [0.25, 0.3) is 5.56 Å². The molecule has 5 nitrogen and oxygen atoms in total. The summed E-state index contributed by atoms with van der Waals surface area (Å²) >= 11 is 9.37. The molecule has 2 aromatic carbocycles. The average Bonchev–Trinajstić information content (AvgIpc) is 3.22. The molecular weight excluding hydrogens is 428 g/mol. The number of methoxy groups -OCH3 is 2. The lowest BCUT2D eigenvalue weighted by Crippen LogP contribution is -2.23. The summed E-state index contributed by atoms with van der Waals surface area (Å²) in [5.41, 5.74) is 2.52. The van der Waals surface area contributed by atoms with Crippen LogP contribution in [-0.4, -0.2) is 29.5 Å². The van der Waals surface area contributed by atoms with Gasteiger partial charge in [-0.05, 0) is 23.8 Å². The van der Waals surface area contributed by atoms with Crippen molar-refractivity contribution in [2.45, 2.75) is 22.2 Å². The predicted molar refractivity (Wildman–Crippen MR) is 118 cm³/mol. The molecule has 29 heavy (non-hydrogen) atoms. The SMILES string of the molecule is COc1ccc(-n2c(SCc3ccccc3Cl)nc3c(c2=O)SCC3)cc1OC. The molecule has 1 aromatic heterocycles. The van der Waals surface area contributed by atoms with Crippen LogP contribution in [0.2, 0.25) is 5.02 Å². The summed E-state index contributed by atoms with van der Waals surface area (Å²) < 4.78 is 12.4. The van der Waals surface area contributed by atoms with Gasteiger partial charge in [0.1, 0.15) is 0 Å². The fraction of sp³-hybridized carbons (Fsp3) is 0.238. The minimum atomic E-state index is -0.0496. The van der Waals surface area contributed by atoms with Gasteiger partial charge in [-0.1, -0.05) is 41.6 Å². The standard InChI is InChI=1S/C21H19ClN2O3S2/c1-26-17-8-7-14(11-18(17)27-2)24-20(25)19-16(9-10-28-19)23-21(24)29-12-13-5-3-4-6-15(13)22/h3-8,11H,9-10,12H2,1-2H3. The number of halogens is 1. The fourth-order valence-electron chi connectivity index (χ4n) is 3.14. The van der Waals surface area contributed by atoms with E-state index in [-0.39, 0.29) is 5.56 Å². The summed E-state index contributed by atoms with van der Waals surface area (Å²) in [6.45, 7) is 0. The lowest BCUT2D eigenvalue weighted by molar-refractivity contribution is 0.354. The Kier molecular flexibility index (Phi) is 6.08. The van der Waals surface area contributed by atoms with Crippen LogP contribution in [0.4, 0.5) is 0 Å². The molecule has 0 saturated heterocycles. The van der Waals surface area contributed by atoms with Crippen LogP contribution in [0.5, 0.6) is 11.5 Å². The van der Waals surface area contributed by atoms with Crippen molar-refractivity contribution in [1.82, 2.24) is 9.55 Å². The van der Waals surface area contributed by atoms with Crippen LogP contribution in [0, 0.1) is 0 Å². The maximum Gasteiger partial charge on any atom is 0.272 e. The second kappa shape index (κ2) is 8.73. The minimum Gasteiger partial charge on any atom is -0.493 e. The number of ether oxygens (including phenoxy) is 2. The lowest BCUT2D eigenvalue weighted by Gasteiger charge is -2.16. The molecule has 4 rings (SSSR count). The van der Waals surface area contributed by atoms with Gasteiger partial charge in [-0.3, -0.25) is 9.36 Å². The number of hydrogen-bond acceptors (Lipinski definition) is 6. The molecule has 0 bridgehead atoms. The highest BCUT2D eigenvalue weighted by atomic mass is 35.5. The van der Waals surface area contributed by atoms with Crippen molar-refractivity contribution < 1.29 is 9.47 Å². The van der Waals surface area contributed by atoms with E-state index >= 15 is 0 Å². The molecule has 3 aromatic rings. The number of nitrogens with zero attached hydrogens (tertiary/aromatic N) is 2. The third kappa shape index (κ3) is 3.99. The van der Waals surface area contributed by atoms with E-state index in [1.54, 1.807) is 42.7 Å². The second-order valence-electron chi connectivity index (χ2n) is 6.33. The molecular formula is C21H19ClN2O3S2.